The Balaban J connectivity index is 1.59. The van der Waals surface area contributed by atoms with Gasteiger partial charge in [-0.3, -0.25) is 14.3 Å². The molecule has 0 saturated heterocycles. The molecule has 24 heavy (non-hydrogen) atoms. The SMILES string of the molecule is Cn1cc(C(=O)NCCN2Cc3cc(F)ccc3OCC2=O)nn1. The number of amides is 2. The lowest BCUT2D eigenvalue weighted by Gasteiger charge is -2.20. The minimum Gasteiger partial charge on any atom is -0.483 e. The van der Waals surface area contributed by atoms with Crippen LogP contribution in [-0.2, 0) is 18.4 Å². The van der Waals surface area contributed by atoms with Crippen LogP contribution < -0.4 is 10.1 Å². The molecule has 0 spiro atoms. The van der Waals surface area contributed by atoms with E-state index < -0.39 is 0 Å². The van der Waals surface area contributed by atoms with Crippen molar-refractivity contribution in [1.29, 1.82) is 0 Å². The lowest BCUT2D eigenvalue weighted by atomic mass is 10.2. The molecule has 0 fully saturated rings. The van der Waals surface area contributed by atoms with Crippen molar-refractivity contribution in [2.45, 2.75) is 6.54 Å². The number of rotatable bonds is 4. The predicted molar refractivity (Wildman–Crippen MR) is 80.6 cm³/mol. The number of hydrogen-bond donors (Lipinski definition) is 1. The number of halogens is 1. The molecule has 3 rings (SSSR count). The fourth-order valence-electron chi connectivity index (χ4n) is 2.39. The summed E-state index contributed by atoms with van der Waals surface area (Å²) in [5, 5.41) is 10.1. The number of carbonyl (C=O) groups is 2. The number of aromatic nitrogens is 3. The number of carbonyl (C=O) groups excluding carboxylic acids is 2. The standard InChI is InChI=1S/C15H16FN5O3/c1-20-8-12(18-19-20)15(23)17-4-5-21-7-10-6-11(16)2-3-13(10)24-9-14(21)22/h2-3,6,8H,4-5,7,9H2,1H3,(H,17,23). The maximum Gasteiger partial charge on any atom is 0.273 e. The minimum atomic E-state index is -0.386. The molecule has 1 aliphatic heterocycles. The lowest BCUT2D eigenvalue weighted by Crippen LogP contribution is -2.39. The summed E-state index contributed by atoms with van der Waals surface area (Å²) < 4.78 is 20.2. The van der Waals surface area contributed by atoms with Crippen LogP contribution in [0.3, 0.4) is 0 Å². The zero-order valence-corrected chi connectivity index (χ0v) is 13.0. The van der Waals surface area contributed by atoms with Crippen molar-refractivity contribution in [3.63, 3.8) is 0 Å². The Morgan fingerprint density at radius 1 is 1.46 bits per heavy atom. The molecule has 0 atom stereocenters. The first-order valence-corrected chi connectivity index (χ1v) is 7.36. The van der Waals surface area contributed by atoms with E-state index in [1.54, 1.807) is 7.05 Å². The van der Waals surface area contributed by atoms with E-state index in [2.05, 4.69) is 15.6 Å². The van der Waals surface area contributed by atoms with E-state index in [0.717, 1.165) is 0 Å². The van der Waals surface area contributed by atoms with Crippen molar-refractivity contribution in [3.8, 4) is 5.75 Å². The molecule has 0 unspecified atom stereocenters. The van der Waals surface area contributed by atoms with Gasteiger partial charge in [-0.1, -0.05) is 5.21 Å². The largest absolute Gasteiger partial charge is 0.483 e. The quantitative estimate of drug-likeness (QED) is 0.857. The summed E-state index contributed by atoms with van der Waals surface area (Å²) in [6.45, 7) is 0.639. The maximum atomic E-state index is 13.4. The first kappa shape index (κ1) is 15.9. The zero-order valence-electron chi connectivity index (χ0n) is 13.0. The third kappa shape index (κ3) is 3.50. The van der Waals surface area contributed by atoms with Crippen molar-refractivity contribution in [1.82, 2.24) is 25.2 Å². The van der Waals surface area contributed by atoms with Gasteiger partial charge in [0, 0.05) is 32.2 Å². The van der Waals surface area contributed by atoms with E-state index >= 15 is 0 Å². The van der Waals surface area contributed by atoms with Gasteiger partial charge in [0.15, 0.2) is 12.3 Å². The second kappa shape index (κ2) is 6.65. The van der Waals surface area contributed by atoms with E-state index in [4.69, 9.17) is 4.74 Å². The normalized spacial score (nSPS) is 13.9. The van der Waals surface area contributed by atoms with Gasteiger partial charge in [0.2, 0.25) is 0 Å². The minimum absolute atomic E-state index is 0.114. The Hall–Kier alpha value is -2.97. The number of benzene rings is 1. The number of nitrogens with zero attached hydrogens (tertiary/aromatic N) is 4. The molecule has 8 nitrogen and oxygen atoms in total. The fourth-order valence-corrected chi connectivity index (χ4v) is 2.39. The Morgan fingerprint density at radius 3 is 3.04 bits per heavy atom. The van der Waals surface area contributed by atoms with Crippen LogP contribution in [-0.4, -0.2) is 51.4 Å². The van der Waals surface area contributed by atoms with Gasteiger partial charge < -0.3 is 15.0 Å². The van der Waals surface area contributed by atoms with Crippen molar-refractivity contribution < 1.29 is 18.7 Å². The first-order valence-electron chi connectivity index (χ1n) is 7.36. The molecule has 2 amide bonds. The summed E-state index contributed by atoms with van der Waals surface area (Å²) in [6, 6.07) is 4.15. The average molecular weight is 333 g/mol. The van der Waals surface area contributed by atoms with Crippen LogP contribution in [0.1, 0.15) is 16.1 Å². The van der Waals surface area contributed by atoms with Crippen LogP contribution in [0, 0.1) is 5.82 Å². The van der Waals surface area contributed by atoms with Crippen LogP contribution >= 0.6 is 0 Å². The Kier molecular flexibility index (Phi) is 4.41. The molecule has 0 saturated carbocycles. The molecule has 2 heterocycles. The van der Waals surface area contributed by atoms with Gasteiger partial charge in [-0.05, 0) is 18.2 Å². The monoisotopic (exact) mass is 333 g/mol. The number of ether oxygens (including phenoxy) is 1. The van der Waals surface area contributed by atoms with Crippen LogP contribution in [0.15, 0.2) is 24.4 Å². The zero-order chi connectivity index (χ0) is 17.1. The summed E-state index contributed by atoms with van der Waals surface area (Å²) >= 11 is 0. The van der Waals surface area contributed by atoms with Gasteiger partial charge in [0.25, 0.3) is 11.8 Å². The van der Waals surface area contributed by atoms with E-state index in [0.29, 0.717) is 11.3 Å². The second-order valence-electron chi connectivity index (χ2n) is 5.39. The van der Waals surface area contributed by atoms with Crippen LogP contribution in [0.25, 0.3) is 0 Å². The third-order valence-electron chi connectivity index (χ3n) is 3.59. The predicted octanol–water partition coefficient (Wildman–Crippen LogP) is 0.105. The van der Waals surface area contributed by atoms with E-state index in [1.807, 2.05) is 0 Å². The van der Waals surface area contributed by atoms with Crippen molar-refractivity contribution in [3.05, 3.63) is 41.5 Å². The summed E-state index contributed by atoms with van der Waals surface area (Å²) in [5.41, 5.74) is 0.802. The number of hydrogen-bond acceptors (Lipinski definition) is 5. The van der Waals surface area contributed by atoms with E-state index in [1.165, 1.54) is 34.0 Å². The van der Waals surface area contributed by atoms with Gasteiger partial charge in [0.1, 0.15) is 11.6 Å². The van der Waals surface area contributed by atoms with E-state index in [-0.39, 0.29) is 49.6 Å². The second-order valence-corrected chi connectivity index (χ2v) is 5.39. The van der Waals surface area contributed by atoms with Gasteiger partial charge >= 0.3 is 0 Å². The molecule has 1 aliphatic rings. The van der Waals surface area contributed by atoms with Crippen molar-refractivity contribution in [2.75, 3.05) is 19.7 Å². The summed E-state index contributed by atoms with van der Waals surface area (Å²) in [4.78, 5) is 25.5. The molecule has 126 valence electrons. The number of nitrogens with one attached hydrogen (secondary N) is 1. The third-order valence-corrected chi connectivity index (χ3v) is 3.59. The highest BCUT2D eigenvalue weighted by molar-refractivity contribution is 5.91. The fraction of sp³-hybridized carbons (Fsp3) is 0.333. The molecule has 0 aliphatic carbocycles. The topological polar surface area (TPSA) is 89.4 Å². The van der Waals surface area contributed by atoms with Crippen LogP contribution in [0.4, 0.5) is 4.39 Å². The smallest absolute Gasteiger partial charge is 0.273 e. The lowest BCUT2D eigenvalue weighted by molar-refractivity contribution is -0.133. The van der Waals surface area contributed by atoms with E-state index in [9.17, 15) is 14.0 Å². The molecule has 9 heteroatoms. The number of fused-ring (bicyclic) bond motifs is 1. The van der Waals surface area contributed by atoms with Crippen LogP contribution in [0.2, 0.25) is 0 Å². The average Bonchev–Trinajstić information content (AvgIpc) is 2.92. The summed E-state index contributed by atoms with van der Waals surface area (Å²) in [7, 11) is 1.66. The van der Waals surface area contributed by atoms with Gasteiger partial charge in [0.05, 0.1) is 6.20 Å². The molecule has 1 aromatic carbocycles. The first-order chi connectivity index (χ1) is 11.5. The molecule has 1 N–H and O–H groups in total. The van der Waals surface area contributed by atoms with Gasteiger partial charge in [-0.25, -0.2) is 4.39 Å². The molecule has 0 bridgehead atoms. The van der Waals surface area contributed by atoms with Crippen molar-refractivity contribution >= 4 is 11.8 Å². The molecule has 0 radical (unpaired) electrons. The highest BCUT2D eigenvalue weighted by atomic mass is 19.1. The summed E-state index contributed by atoms with van der Waals surface area (Å²) in [5.74, 6) is -0.480. The summed E-state index contributed by atoms with van der Waals surface area (Å²) in [6.07, 6.45) is 1.50. The Morgan fingerprint density at radius 2 is 2.29 bits per heavy atom. The number of aryl methyl sites for hydroxylation is 1. The van der Waals surface area contributed by atoms with Crippen molar-refractivity contribution in [2.24, 2.45) is 7.05 Å². The highest BCUT2D eigenvalue weighted by Gasteiger charge is 2.22. The Labute approximate surface area is 137 Å². The highest BCUT2D eigenvalue weighted by Crippen LogP contribution is 2.24. The maximum absolute atomic E-state index is 13.4. The van der Waals surface area contributed by atoms with Gasteiger partial charge in [-0.2, -0.15) is 0 Å². The molecule has 1 aromatic heterocycles. The molecular weight excluding hydrogens is 317 g/mol. The Bertz CT molecular complexity index is 776. The molecule has 2 aromatic rings. The molecular formula is C15H16FN5O3. The van der Waals surface area contributed by atoms with Crippen LogP contribution in [0.5, 0.6) is 5.75 Å². The van der Waals surface area contributed by atoms with Gasteiger partial charge in [-0.15, -0.1) is 5.10 Å².